The van der Waals surface area contributed by atoms with Gasteiger partial charge in [0, 0.05) is 26.2 Å². The molecule has 3 aromatic heterocycles. The first kappa shape index (κ1) is 14.3. The van der Waals surface area contributed by atoms with Gasteiger partial charge in [0.05, 0.1) is 11.4 Å². The average molecular weight is 328 g/mol. The molecule has 0 saturated carbocycles. The minimum absolute atomic E-state index is 0.206. The van der Waals surface area contributed by atoms with Crippen molar-refractivity contribution in [2.45, 2.75) is 0 Å². The molecule has 0 spiro atoms. The van der Waals surface area contributed by atoms with E-state index in [1.165, 1.54) is 11.3 Å². The van der Waals surface area contributed by atoms with E-state index in [1.54, 1.807) is 10.8 Å². The van der Waals surface area contributed by atoms with Gasteiger partial charge in [-0.1, -0.05) is 6.07 Å². The molecule has 23 heavy (non-hydrogen) atoms. The van der Waals surface area contributed by atoms with E-state index in [-0.39, 0.29) is 5.78 Å². The fraction of sp³-hybridized carbons (Fsp3) is 0.333. The normalized spacial score (nSPS) is 16.1. The number of anilines is 1. The lowest BCUT2D eigenvalue weighted by atomic mass is 10.2. The van der Waals surface area contributed by atoms with Crippen LogP contribution >= 0.6 is 11.3 Å². The maximum atomic E-state index is 12.2. The second kappa shape index (κ2) is 6.05. The Hall–Kier alpha value is -2.32. The second-order valence-corrected chi connectivity index (χ2v) is 6.44. The summed E-state index contributed by atoms with van der Waals surface area (Å²) in [5, 5.41) is 14.3. The van der Waals surface area contributed by atoms with Crippen LogP contribution in [0.5, 0.6) is 0 Å². The number of carbonyl (C=O) groups is 1. The average Bonchev–Trinajstić information content (AvgIpc) is 3.26. The third kappa shape index (κ3) is 2.95. The number of rotatable bonds is 4. The van der Waals surface area contributed by atoms with Gasteiger partial charge in [0.1, 0.15) is 12.1 Å². The highest BCUT2D eigenvalue weighted by Crippen LogP contribution is 2.15. The fourth-order valence-corrected chi connectivity index (χ4v) is 3.40. The highest BCUT2D eigenvalue weighted by Gasteiger charge is 2.21. The molecule has 0 unspecified atom stereocenters. The number of hydrogen-bond acceptors (Lipinski definition) is 7. The number of Topliss-reactive ketones (excluding diaryl/α,β-unsaturated/α-hetero) is 1. The Morgan fingerprint density at radius 1 is 1.17 bits per heavy atom. The number of aromatic nitrogens is 4. The summed E-state index contributed by atoms with van der Waals surface area (Å²) in [4.78, 5) is 17.4. The van der Waals surface area contributed by atoms with Gasteiger partial charge in [0.15, 0.2) is 11.4 Å². The molecule has 0 N–H and O–H groups in total. The summed E-state index contributed by atoms with van der Waals surface area (Å²) in [5.41, 5.74) is 0.744. The van der Waals surface area contributed by atoms with Crippen LogP contribution in [0.15, 0.2) is 36.0 Å². The van der Waals surface area contributed by atoms with Crippen molar-refractivity contribution in [3.8, 4) is 0 Å². The summed E-state index contributed by atoms with van der Waals surface area (Å²) in [5.74, 6) is 1.12. The van der Waals surface area contributed by atoms with Gasteiger partial charge < -0.3 is 4.90 Å². The van der Waals surface area contributed by atoms with Crippen LogP contribution in [0.3, 0.4) is 0 Å². The molecule has 8 heteroatoms. The maximum absolute atomic E-state index is 12.2. The van der Waals surface area contributed by atoms with Crippen LogP contribution in [0.2, 0.25) is 0 Å². The molecule has 0 bridgehead atoms. The molecule has 0 aromatic carbocycles. The number of piperazine rings is 1. The van der Waals surface area contributed by atoms with Crippen molar-refractivity contribution >= 4 is 28.6 Å². The third-order valence-electron chi connectivity index (χ3n) is 4.01. The van der Waals surface area contributed by atoms with Crippen molar-refractivity contribution in [2.24, 2.45) is 0 Å². The van der Waals surface area contributed by atoms with Crippen molar-refractivity contribution in [1.29, 1.82) is 0 Å². The van der Waals surface area contributed by atoms with Gasteiger partial charge >= 0.3 is 0 Å². The predicted octanol–water partition coefficient (Wildman–Crippen LogP) is 1.19. The summed E-state index contributed by atoms with van der Waals surface area (Å²) in [6.45, 7) is 3.93. The summed E-state index contributed by atoms with van der Waals surface area (Å²) < 4.78 is 1.68. The molecule has 0 aliphatic carbocycles. The first-order valence-electron chi connectivity index (χ1n) is 7.51. The Bertz CT molecular complexity index is 806. The minimum Gasteiger partial charge on any atom is -0.353 e. The Kier molecular flexibility index (Phi) is 3.76. The Balaban J connectivity index is 1.37. The quantitative estimate of drug-likeness (QED) is 0.670. The highest BCUT2D eigenvalue weighted by molar-refractivity contribution is 7.12. The van der Waals surface area contributed by atoms with Crippen LogP contribution in [0, 0.1) is 0 Å². The first-order chi connectivity index (χ1) is 11.3. The van der Waals surface area contributed by atoms with Gasteiger partial charge in [-0.05, 0) is 23.6 Å². The van der Waals surface area contributed by atoms with Crippen LogP contribution in [0.1, 0.15) is 9.67 Å². The molecule has 1 aliphatic heterocycles. The molecular weight excluding hydrogens is 312 g/mol. The summed E-state index contributed by atoms with van der Waals surface area (Å²) in [6, 6.07) is 7.70. The van der Waals surface area contributed by atoms with Gasteiger partial charge in [-0.15, -0.1) is 26.6 Å². The summed E-state index contributed by atoms with van der Waals surface area (Å²) in [7, 11) is 0. The smallest absolute Gasteiger partial charge is 0.186 e. The van der Waals surface area contributed by atoms with E-state index in [9.17, 15) is 4.79 Å². The lowest BCUT2D eigenvalue weighted by Crippen LogP contribution is -2.48. The van der Waals surface area contributed by atoms with Crippen LogP contribution in [-0.4, -0.2) is 63.2 Å². The van der Waals surface area contributed by atoms with E-state index >= 15 is 0 Å². The number of carbonyl (C=O) groups excluding carboxylic acids is 1. The molecular formula is C15H16N6OS. The van der Waals surface area contributed by atoms with Gasteiger partial charge in [-0.2, -0.15) is 4.52 Å². The predicted molar refractivity (Wildman–Crippen MR) is 88.1 cm³/mol. The van der Waals surface area contributed by atoms with Gasteiger partial charge in [0.2, 0.25) is 0 Å². The molecule has 0 atom stereocenters. The number of nitrogens with zero attached hydrogens (tertiary/aromatic N) is 6. The van der Waals surface area contributed by atoms with Crippen LogP contribution in [0.25, 0.3) is 5.65 Å². The van der Waals surface area contributed by atoms with Gasteiger partial charge in [-0.25, -0.2) is 0 Å². The number of hydrogen-bond donors (Lipinski definition) is 0. The summed E-state index contributed by atoms with van der Waals surface area (Å²) in [6.07, 6.45) is 1.61. The molecule has 118 valence electrons. The highest BCUT2D eigenvalue weighted by atomic mass is 32.1. The monoisotopic (exact) mass is 328 g/mol. The third-order valence-corrected chi connectivity index (χ3v) is 4.92. The zero-order valence-corrected chi connectivity index (χ0v) is 13.3. The van der Waals surface area contributed by atoms with Crippen molar-refractivity contribution in [3.63, 3.8) is 0 Å². The lowest BCUT2D eigenvalue weighted by molar-refractivity contribution is 0.0930. The Morgan fingerprint density at radius 3 is 2.83 bits per heavy atom. The molecule has 0 amide bonds. The van der Waals surface area contributed by atoms with E-state index < -0.39 is 0 Å². The number of ketones is 1. The fourth-order valence-electron chi connectivity index (χ4n) is 2.74. The minimum atomic E-state index is 0.206. The van der Waals surface area contributed by atoms with E-state index in [0.717, 1.165) is 42.5 Å². The van der Waals surface area contributed by atoms with Crippen molar-refractivity contribution in [3.05, 3.63) is 40.8 Å². The van der Waals surface area contributed by atoms with Crippen molar-refractivity contribution < 1.29 is 4.79 Å². The van der Waals surface area contributed by atoms with Crippen LogP contribution in [0.4, 0.5) is 5.82 Å². The van der Waals surface area contributed by atoms with Gasteiger partial charge in [-0.3, -0.25) is 9.69 Å². The zero-order chi connectivity index (χ0) is 15.6. The molecule has 1 aliphatic rings. The number of thiophene rings is 1. The number of fused-ring (bicyclic) bond motifs is 1. The Labute approximate surface area is 137 Å². The molecule has 0 radical (unpaired) electrons. The molecule has 4 heterocycles. The van der Waals surface area contributed by atoms with E-state index in [1.807, 2.05) is 29.6 Å². The van der Waals surface area contributed by atoms with E-state index in [0.29, 0.717) is 6.54 Å². The van der Waals surface area contributed by atoms with Crippen molar-refractivity contribution in [2.75, 3.05) is 37.6 Å². The Morgan fingerprint density at radius 2 is 2.04 bits per heavy atom. The zero-order valence-electron chi connectivity index (χ0n) is 12.5. The maximum Gasteiger partial charge on any atom is 0.186 e. The lowest BCUT2D eigenvalue weighted by Gasteiger charge is -2.34. The first-order valence-corrected chi connectivity index (χ1v) is 8.39. The summed E-state index contributed by atoms with van der Waals surface area (Å²) >= 11 is 1.51. The van der Waals surface area contributed by atoms with Crippen LogP contribution < -0.4 is 4.90 Å². The van der Waals surface area contributed by atoms with E-state index in [2.05, 4.69) is 25.1 Å². The largest absolute Gasteiger partial charge is 0.353 e. The second-order valence-electron chi connectivity index (χ2n) is 5.49. The molecule has 4 rings (SSSR count). The molecule has 3 aromatic rings. The molecule has 7 nitrogen and oxygen atoms in total. The molecule has 1 saturated heterocycles. The van der Waals surface area contributed by atoms with E-state index in [4.69, 9.17) is 0 Å². The van der Waals surface area contributed by atoms with Crippen LogP contribution in [-0.2, 0) is 0 Å². The van der Waals surface area contributed by atoms with Gasteiger partial charge in [0.25, 0.3) is 0 Å². The standard InChI is InChI=1S/C15H16N6OS/c22-12(13-2-1-9-23-13)10-19-5-7-20(8-6-19)15-4-3-14-17-16-11-21(14)18-15/h1-4,9,11H,5-8,10H2. The topological polar surface area (TPSA) is 66.6 Å². The SMILES string of the molecule is O=C(CN1CCN(c2ccc3nncn3n2)CC1)c1cccs1. The molecule has 1 fully saturated rings. The van der Waals surface area contributed by atoms with Crippen molar-refractivity contribution in [1.82, 2.24) is 24.7 Å².